The van der Waals surface area contributed by atoms with Gasteiger partial charge >= 0.3 is 6.09 Å². The Bertz CT molecular complexity index is 737. The van der Waals surface area contributed by atoms with Crippen molar-refractivity contribution >= 4 is 12.0 Å². The van der Waals surface area contributed by atoms with Gasteiger partial charge in [0.1, 0.15) is 12.1 Å². The van der Waals surface area contributed by atoms with E-state index in [2.05, 4.69) is 10.2 Å². The number of piperidine rings is 1. The first-order valence-electron chi connectivity index (χ1n) is 10.9. The first-order chi connectivity index (χ1) is 14.4. The molecule has 0 saturated carbocycles. The minimum atomic E-state index is -1.08. The molecule has 0 unspecified atom stereocenters. The summed E-state index contributed by atoms with van der Waals surface area (Å²) in [6.45, 7) is 14.0. The lowest BCUT2D eigenvalue weighted by Gasteiger charge is -2.43. The Morgan fingerprint density at radius 2 is 1.65 bits per heavy atom. The van der Waals surface area contributed by atoms with Crippen LogP contribution in [0.3, 0.4) is 0 Å². The van der Waals surface area contributed by atoms with Crippen molar-refractivity contribution in [2.45, 2.75) is 85.1 Å². The number of amides is 2. The van der Waals surface area contributed by atoms with Gasteiger partial charge in [-0.15, -0.1) is 10.2 Å². The fourth-order valence-electron chi connectivity index (χ4n) is 3.74. The molecule has 0 spiro atoms. The Hall–Kier alpha value is -2.58. The topological polar surface area (TPSA) is 105 Å². The number of carbonyl (C=O) groups is 2. The Labute approximate surface area is 184 Å². The predicted molar refractivity (Wildman–Crippen MR) is 116 cm³/mol. The molecule has 1 N–H and O–H groups in total. The summed E-state index contributed by atoms with van der Waals surface area (Å²) in [5.74, 6) is 0.578. The SMILES string of the molecule is CC(C)Oc1ccc(OC2CCN(C(=O)[C@H](C(C)C)N(C(=O)O)C(C)(C)C)CC2)nn1. The Morgan fingerprint density at radius 3 is 2.06 bits per heavy atom. The third-order valence-electron chi connectivity index (χ3n) is 5.10. The number of hydrogen-bond acceptors (Lipinski definition) is 6. The maximum absolute atomic E-state index is 13.3. The van der Waals surface area contributed by atoms with E-state index in [-0.39, 0.29) is 24.0 Å². The smallest absolute Gasteiger partial charge is 0.408 e. The van der Waals surface area contributed by atoms with Crippen molar-refractivity contribution in [3.63, 3.8) is 0 Å². The lowest BCUT2D eigenvalue weighted by Crippen LogP contribution is -2.60. The van der Waals surface area contributed by atoms with Gasteiger partial charge in [0.2, 0.25) is 17.7 Å². The molecule has 2 amide bonds. The largest absolute Gasteiger partial charge is 0.474 e. The zero-order chi connectivity index (χ0) is 23.3. The van der Waals surface area contributed by atoms with Gasteiger partial charge in [0.05, 0.1) is 6.10 Å². The minimum absolute atomic E-state index is 0.0212. The monoisotopic (exact) mass is 436 g/mol. The maximum Gasteiger partial charge on any atom is 0.408 e. The normalized spacial score (nSPS) is 16.4. The number of hydrogen-bond donors (Lipinski definition) is 1. The van der Waals surface area contributed by atoms with E-state index in [1.165, 1.54) is 4.90 Å². The number of nitrogens with zero attached hydrogens (tertiary/aromatic N) is 4. The van der Waals surface area contributed by atoms with E-state index in [1.807, 2.05) is 48.5 Å². The van der Waals surface area contributed by atoms with Crippen LogP contribution in [-0.2, 0) is 4.79 Å². The van der Waals surface area contributed by atoms with Crippen molar-refractivity contribution in [1.29, 1.82) is 0 Å². The lowest BCUT2D eigenvalue weighted by atomic mass is 9.94. The molecule has 9 heteroatoms. The van der Waals surface area contributed by atoms with Gasteiger partial charge in [-0.1, -0.05) is 13.8 Å². The molecule has 2 heterocycles. The fourth-order valence-corrected chi connectivity index (χ4v) is 3.74. The van der Waals surface area contributed by atoms with Gasteiger partial charge in [0, 0.05) is 43.6 Å². The van der Waals surface area contributed by atoms with Crippen LogP contribution in [0.25, 0.3) is 0 Å². The molecule has 1 aliphatic rings. The zero-order valence-electron chi connectivity index (χ0n) is 19.7. The quantitative estimate of drug-likeness (QED) is 0.698. The summed E-state index contributed by atoms with van der Waals surface area (Å²) in [6, 6.07) is 2.72. The second kappa shape index (κ2) is 10.2. The van der Waals surface area contributed by atoms with Crippen molar-refractivity contribution in [2.75, 3.05) is 13.1 Å². The van der Waals surface area contributed by atoms with Crippen LogP contribution in [0.1, 0.15) is 61.3 Å². The molecule has 31 heavy (non-hydrogen) atoms. The third-order valence-corrected chi connectivity index (χ3v) is 5.10. The number of carbonyl (C=O) groups excluding carboxylic acids is 1. The Balaban J connectivity index is 1.98. The Morgan fingerprint density at radius 1 is 1.10 bits per heavy atom. The predicted octanol–water partition coefficient (Wildman–Crippen LogP) is 3.44. The molecular weight excluding hydrogens is 400 g/mol. The van der Waals surface area contributed by atoms with Crippen LogP contribution < -0.4 is 9.47 Å². The van der Waals surface area contributed by atoms with Gasteiger partial charge in [-0.05, 0) is 40.5 Å². The number of ether oxygens (including phenoxy) is 2. The average molecular weight is 437 g/mol. The summed E-state index contributed by atoms with van der Waals surface area (Å²) in [7, 11) is 0. The van der Waals surface area contributed by atoms with Gasteiger partial charge in [-0.3, -0.25) is 9.69 Å². The highest BCUT2D eigenvalue weighted by molar-refractivity contribution is 5.86. The molecule has 1 atom stereocenters. The molecule has 0 aliphatic carbocycles. The van der Waals surface area contributed by atoms with E-state index in [1.54, 1.807) is 17.0 Å². The van der Waals surface area contributed by atoms with Gasteiger partial charge in [-0.25, -0.2) is 4.79 Å². The van der Waals surface area contributed by atoms with Crippen molar-refractivity contribution in [3.8, 4) is 11.8 Å². The van der Waals surface area contributed by atoms with E-state index < -0.39 is 17.7 Å². The standard InChI is InChI=1S/C22H36N4O5/c1-14(2)19(26(21(28)29)22(5,6)7)20(27)25-12-10-16(11-13-25)31-18-9-8-17(23-24-18)30-15(3)4/h8-9,14-16,19H,10-13H2,1-7H3,(H,28,29)/t19-/m0/s1. The molecule has 2 rings (SSSR count). The number of rotatable bonds is 7. The molecule has 1 saturated heterocycles. The third kappa shape index (κ3) is 6.70. The van der Waals surface area contributed by atoms with Gasteiger partial charge in [0.15, 0.2) is 0 Å². The highest BCUT2D eigenvalue weighted by atomic mass is 16.5. The first-order valence-corrected chi connectivity index (χ1v) is 10.9. The van der Waals surface area contributed by atoms with Crippen LogP contribution in [0.4, 0.5) is 4.79 Å². The average Bonchev–Trinajstić information content (AvgIpc) is 2.65. The van der Waals surface area contributed by atoms with E-state index in [0.717, 1.165) is 0 Å². The first kappa shape index (κ1) is 24.7. The molecule has 9 nitrogen and oxygen atoms in total. The maximum atomic E-state index is 13.3. The molecular formula is C22H36N4O5. The minimum Gasteiger partial charge on any atom is -0.474 e. The molecule has 1 aromatic heterocycles. The summed E-state index contributed by atoms with van der Waals surface area (Å²) in [5.41, 5.74) is -0.679. The van der Waals surface area contributed by atoms with Crippen LogP contribution in [0.2, 0.25) is 0 Å². The highest BCUT2D eigenvalue weighted by Gasteiger charge is 2.41. The van der Waals surface area contributed by atoms with Crippen LogP contribution in [-0.4, -0.2) is 74.0 Å². The van der Waals surface area contributed by atoms with E-state index >= 15 is 0 Å². The fraction of sp³-hybridized carbons (Fsp3) is 0.727. The summed E-state index contributed by atoms with van der Waals surface area (Å²) < 4.78 is 11.4. The van der Waals surface area contributed by atoms with Crippen molar-refractivity contribution in [2.24, 2.45) is 5.92 Å². The molecule has 174 valence electrons. The summed E-state index contributed by atoms with van der Waals surface area (Å²) in [5, 5.41) is 17.8. The van der Waals surface area contributed by atoms with Crippen LogP contribution in [0.5, 0.6) is 11.8 Å². The summed E-state index contributed by atoms with van der Waals surface area (Å²) in [6.07, 6.45) is 0.149. The Kier molecular flexibility index (Phi) is 8.08. The molecule has 0 bridgehead atoms. The second-order valence-electron chi connectivity index (χ2n) is 9.53. The van der Waals surface area contributed by atoms with E-state index in [4.69, 9.17) is 9.47 Å². The van der Waals surface area contributed by atoms with Gasteiger partial charge < -0.3 is 19.5 Å². The van der Waals surface area contributed by atoms with E-state index in [9.17, 15) is 14.7 Å². The lowest BCUT2D eigenvalue weighted by molar-refractivity contribution is -0.142. The molecule has 1 aromatic rings. The van der Waals surface area contributed by atoms with Crippen LogP contribution in [0, 0.1) is 5.92 Å². The molecule has 0 aromatic carbocycles. The number of aromatic nitrogens is 2. The summed E-state index contributed by atoms with van der Waals surface area (Å²) >= 11 is 0. The molecule has 1 fully saturated rings. The van der Waals surface area contributed by atoms with E-state index in [0.29, 0.717) is 37.7 Å². The van der Waals surface area contributed by atoms with Crippen molar-refractivity contribution in [3.05, 3.63) is 12.1 Å². The summed E-state index contributed by atoms with van der Waals surface area (Å²) in [4.78, 5) is 28.2. The second-order valence-corrected chi connectivity index (χ2v) is 9.53. The zero-order valence-corrected chi connectivity index (χ0v) is 19.7. The van der Waals surface area contributed by atoms with Crippen LogP contribution in [0.15, 0.2) is 12.1 Å². The van der Waals surface area contributed by atoms with Gasteiger partial charge in [-0.2, -0.15) is 0 Å². The molecule has 0 radical (unpaired) electrons. The van der Waals surface area contributed by atoms with Crippen LogP contribution >= 0.6 is 0 Å². The number of carboxylic acid groups (broad SMARTS) is 1. The van der Waals surface area contributed by atoms with Gasteiger partial charge in [0.25, 0.3) is 0 Å². The molecule has 1 aliphatic heterocycles. The number of likely N-dealkylation sites (tertiary alicyclic amines) is 1. The van der Waals surface area contributed by atoms with Crippen molar-refractivity contribution in [1.82, 2.24) is 20.0 Å². The highest BCUT2D eigenvalue weighted by Crippen LogP contribution is 2.26. The van der Waals surface area contributed by atoms with Crippen molar-refractivity contribution < 1.29 is 24.2 Å².